The van der Waals surface area contributed by atoms with Crippen molar-refractivity contribution in [3.63, 3.8) is 0 Å². The van der Waals surface area contributed by atoms with Crippen molar-refractivity contribution in [2.75, 3.05) is 7.11 Å². The van der Waals surface area contributed by atoms with Crippen molar-refractivity contribution in [3.05, 3.63) is 0 Å². The van der Waals surface area contributed by atoms with Crippen molar-refractivity contribution in [1.82, 2.24) is 5.32 Å². The lowest BCUT2D eigenvalue weighted by Gasteiger charge is -2.14. The molecule has 2 fully saturated rings. The number of fused-ring (bicyclic) bond motifs is 1. The number of rotatable bonds is 5. The van der Waals surface area contributed by atoms with E-state index in [1.807, 2.05) is 0 Å². The Balaban J connectivity index is 1.87. The number of hydrogen-bond acceptors (Lipinski definition) is 4. The molecule has 0 radical (unpaired) electrons. The van der Waals surface area contributed by atoms with Gasteiger partial charge in [-0.25, -0.2) is 4.79 Å². The number of ether oxygens (including phenoxy) is 1. The normalized spacial score (nSPS) is 30.2. The smallest absolute Gasteiger partial charge is 0.326 e. The minimum Gasteiger partial charge on any atom is -0.480 e. The molecule has 18 heavy (non-hydrogen) atoms. The number of amides is 1. The molecule has 0 spiro atoms. The lowest BCUT2D eigenvalue weighted by atomic mass is 10.1. The van der Waals surface area contributed by atoms with Crippen molar-refractivity contribution < 1.29 is 24.2 Å². The molecule has 2 aliphatic carbocycles. The number of esters is 1. The third-order valence-corrected chi connectivity index (χ3v) is 3.92. The van der Waals surface area contributed by atoms with Crippen LogP contribution in [0.15, 0.2) is 0 Å². The maximum Gasteiger partial charge on any atom is 0.326 e. The zero-order chi connectivity index (χ0) is 13.3. The van der Waals surface area contributed by atoms with E-state index in [1.54, 1.807) is 0 Å². The van der Waals surface area contributed by atoms with Crippen LogP contribution in [0.25, 0.3) is 0 Å². The molecule has 0 bridgehead atoms. The second-order valence-corrected chi connectivity index (χ2v) is 4.96. The minimum absolute atomic E-state index is 0.0433. The molecule has 2 N–H and O–H groups in total. The molecule has 0 aromatic rings. The number of carbonyl (C=O) groups is 3. The van der Waals surface area contributed by atoms with Crippen LogP contribution in [0.2, 0.25) is 0 Å². The van der Waals surface area contributed by atoms with Crippen molar-refractivity contribution in [2.24, 2.45) is 17.8 Å². The van der Waals surface area contributed by atoms with Crippen LogP contribution in [0, 0.1) is 17.8 Å². The van der Waals surface area contributed by atoms with Gasteiger partial charge in [-0.15, -0.1) is 0 Å². The maximum atomic E-state index is 11.9. The Hall–Kier alpha value is -1.59. The first kappa shape index (κ1) is 12.9. The maximum absolute atomic E-state index is 11.9. The minimum atomic E-state index is -1.21. The van der Waals surface area contributed by atoms with Gasteiger partial charge in [0.25, 0.3) is 0 Å². The Morgan fingerprint density at radius 1 is 1.33 bits per heavy atom. The number of carbonyl (C=O) groups excluding carboxylic acids is 2. The van der Waals surface area contributed by atoms with Gasteiger partial charge in [-0.05, 0) is 24.7 Å². The molecular weight excluding hydrogens is 238 g/mol. The molecule has 1 amide bonds. The number of nitrogens with one attached hydrogen (secondary N) is 1. The van der Waals surface area contributed by atoms with Gasteiger partial charge in [0.15, 0.2) is 0 Å². The lowest BCUT2D eigenvalue weighted by Crippen LogP contribution is -2.43. The highest BCUT2D eigenvalue weighted by Crippen LogP contribution is 2.57. The molecule has 0 aromatic heterocycles. The van der Waals surface area contributed by atoms with Crippen molar-refractivity contribution in [1.29, 1.82) is 0 Å². The molecule has 0 aromatic carbocycles. The summed E-state index contributed by atoms with van der Waals surface area (Å²) in [7, 11) is 1.19. The molecule has 2 aliphatic rings. The van der Waals surface area contributed by atoms with Gasteiger partial charge in [0.05, 0.1) is 13.5 Å². The van der Waals surface area contributed by atoms with E-state index in [0.717, 1.165) is 19.3 Å². The number of carboxylic acid groups (broad SMARTS) is 1. The highest BCUT2D eigenvalue weighted by Gasteiger charge is 2.56. The van der Waals surface area contributed by atoms with Crippen molar-refractivity contribution in [3.8, 4) is 0 Å². The van der Waals surface area contributed by atoms with E-state index in [4.69, 9.17) is 5.11 Å². The Bertz CT molecular complexity index is 371. The van der Waals surface area contributed by atoms with Gasteiger partial charge in [-0.2, -0.15) is 0 Å². The Morgan fingerprint density at radius 3 is 2.44 bits per heavy atom. The van der Waals surface area contributed by atoms with Crippen molar-refractivity contribution in [2.45, 2.75) is 31.7 Å². The van der Waals surface area contributed by atoms with E-state index in [-0.39, 0.29) is 18.2 Å². The fraction of sp³-hybridized carbons (Fsp3) is 0.750. The fourth-order valence-electron chi connectivity index (χ4n) is 2.93. The molecule has 6 nitrogen and oxygen atoms in total. The average molecular weight is 255 g/mol. The molecule has 6 heteroatoms. The monoisotopic (exact) mass is 255 g/mol. The first-order chi connectivity index (χ1) is 8.54. The zero-order valence-electron chi connectivity index (χ0n) is 10.2. The summed E-state index contributed by atoms with van der Waals surface area (Å²) in [5, 5.41) is 11.4. The highest BCUT2D eigenvalue weighted by atomic mass is 16.5. The first-order valence-corrected chi connectivity index (χ1v) is 6.14. The van der Waals surface area contributed by atoms with E-state index in [9.17, 15) is 14.4 Å². The van der Waals surface area contributed by atoms with Gasteiger partial charge in [0.2, 0.25) is 5.91 Å². The Labute approximate surface area is 105 Å². The van der Waals surface area contributed by atoms with Gasteiger partial charge in [0, 0.05) is 5.92 Å². The largest absolute Gasteiger partial charge is 0.480 e. The predicted molar refractivity (Wildman–Crippen MR) is 60.5 cm³/mol. The molecule has 2 unspecified atom stereocenters. The van der Waals surface area contributed by atoms with Crippen LogP contribution in [0.1, 0.15) is 25.7 Å². The number of aliphatic carboxylic acids is 1. The lowest BCUT2D eigenvalue weighted by molar-refractivity contribution is -0.149. The number of methoxy groups -OCH3 is 1. The Morgan fingerprint density at radius 2 is 1.94 bits per heavy atom. The summed E-state index contributed by atoms with van der Waals surface area (Å²) in [6, 6.07) is -1.19. The third-order valence-electron chi connectivity index (χ3n) is 3.92. The van der Waals surface area contributed by atoms with Gasteiger partial charge in [-0.3, -0.25) is 9.59 Å². The van der Waals surface area contributed by atoms with E-state index in [2.05, 4.69) is 10.1 Å². The fourth-order valence-corrected chi connectivity index (χ4v) is 2.93. The summed E-state index contributed by atoms with van der Waals surface area (Å²) in [6.07, 6.45) is 2.93. The van der Waals surface area contributed by atoms with Gasteiger partial charge >= 0.3 is 11.9 Å². The molecule has 0 aliphatic heterocycles. The van der Waals surface area contributed by atoms with E-state index in [1.165, 1.54) is 7.11 Å². The molecule has 2 saturated carbocycles. The quantitative estimate of drug-likeness (QED) is 0.683. The molecular formula is C12H17NO5. The van der Waals surface area contributed by atoms with Crippen LogP contribution in [-0.4, -0.2) is 36.1 Å². The van der Waals surface area contributed by atoms with Gasteiger partial charge < -0.3 is 15.2 Å². The van der Waals surface area contributed by atoms with E-state index < -0.39 is 18.0 Å². The van der Waals surface area contributed by atoms with Crippen LogP contribution in [0.3, 0.4) is 0 Å². The number of carboxylic acids is 1. The molecule has 0 heterocycles. The van der Waals surface area contributed by atoms with Crippen LogP contribution in [0.4, 0.5) is 0 Å². The number of hydrogen-bond donors (Lipinski definition) is 2. The Kier molecular flexibility index (Phi) is 3.54. The molecule has 0 saturated heterocycles. The zero-order valence-corrected chi connectivity index (χ0v) is 10.2. The van der Waals surface area contributed by atoms with Gasteiger partial charge in [-0.1, -0.05) is 6.42 Å². The summed E-state index contributed by atoms with van der Waals surface area (Å²) in [6.45, 7) is 0. The van der Waals surface area contributed by atoms with Crippen LogP contribution in [-0.2, 0) is 19.1 Å². The predicted octanol–water partition coefficient (Wildman–Crippen LogP) is 0.165. The highest BCUT2D eigenvalue weighted by molar-refractivity contribution is 5.89. The standard InChI is InChI=1S/C12H17NO5/c1-18-9(14)5-8(12(16)17)13-11(15)10-6-3-2-4-7(6)10/h6-8,10H,2-5H2,1H3,(H,13,15)(H,16,17)/t6?,7?,8-,10?/m0/s1. The SMILES string of the molecule is COC(=O)C[C@H](NC(=O)C1C2CCCC21)C(=O)O. The van der Waals surface area contributed by atoms with Crippen LogP contribution < -0.4 is 5.32 Å². The summed E-state index contributed by atoms with van der Waals surface area (Å²) >= 11 is 0. The second kappa shape index (κ2) is 4.96. The van der Waals surface area contributed by atoms with Crippen LogP contribution >= 0.6 is 0 Å². The second-order valence-electron chi connectivity index (χ2n) is 4.96. The van der Waals surface area contributed by atoms with Crippen molar-refractivity contribution >= 4 is 17.8 Å². The van der Waals surface area contributed by atoms with E-state index in [0.29, 0.717) is 11.8 Å². The van der Waals surface area contributed by atoms with E-state index >= 15 is 0 Å². The summed E-state index contributed by atoms with van der Waals surface area (Å²) in [4.78, 5) is 33.9. The topological polar surface area (TPSA) is 92.7 Å². The summed E-state index contributed by atoms with van der Waals surface area (Å²) in [5.74, 6) is -1.27. The van der Waals surface area contributed by atoms with Gasteiger partial charge in [0.1, 0.15) is 6.04 Å². The average Bonchev–Trinajstić information content (AvgIpc) is 2.82. The third kappa shape index (κ3) is 2.47. The first-order valence-electron chi connectivity index (χ1n) is 6.14. The summed E-state index contributed by atoms with van der Waals surface area (Å²) < 4.78 is 4.41. The summed E-state index contributed by atoms with van der Waals surface area (Å²) in [5.41, 5.74) is 0. The molecule has 3 atom stereocenters. The molecule has 100 valence electrons. The molecule has 2 rings (SSSR count). The van der Waals surface area contributed by atoms with Crippen LogP contribution in [0.5, 0.6) is 0 Å².